The second-order valence-electron chi connectivity index (χ2n) is 3.89. The van der Waals surface area contributed by atoms with Gasteiger partial charge in [-0.15, -0.1) is 13.2 Å². The van der Waals surface area contributed by atoms with E-state index in [9.17, 15) is 22.4 Å². The van der Waals surface area contributed by atoms with Gasteiger partial charge in [-0.05, 0) is 23.8 Å². The molecule has 0 radical (unpaired) electrons. The van der Waals surface area contributed by atoms with Gasteiger partial charge in [0.25, 0.3) is 0 Å². The van der Waals surface area contributed by atoms with Crippen LogP contribution in [-0.4, -0.2) is 12.6 Å². The lowest BCUT2D eigenvalue weighted by Gasteiger charge is -2.10. The number of ether oxygens (including phenoxy) is 1. The molecule has 104 valence electrons. The van der Waals surface area contributed by atoms with E-state index in [1.165, 1.54) is 30.3 Å². The first-order valence-electron chi connectivity index (χ1n) is 5.50. The van der Waals surface area contributed by atoms with E-state index in [-0.39, 0.29) is 11.1 Å². The summed E-state index contributed by atoms with van der Waals surface area (Å²) in [6.07, 6.45) is -4.30. The van der Waals surface area contributed by atoms with Crippen molar-refractivity contribution in [2.75, 3.05) is 0 Å². The summed E-state index contributed by atoms with van der Waals surface area (Å²) in [6.45, 7) is 0. The minimum absolute atomic E-state index is 0.0426. The highest BCUT2D eigenvalue weighted by Crippen LogP contribution is 2.29. The average Bonchev–Trinajstić information content (AvgIpc) is 2.38. The maximum atomic E-state index is 13.7. The zero-order valence-electron chi connectivity index (χ0n) is 9.95. The van der Waals surface area contributed by atoms with Gasteiger partial charge >= 0.3 is 6.36 Å². The fourth-order valence-corrected chi connectivity index (χ4v) is 1.77. The van der Waals surface area contributed by atoms with Gasteiger partial charge in [0, 0.05) is 11.1 Å². The third-order valence-electron chi connectivity index (χ3n) is 2.55. The molecule has 0 atom stereocenters. The second-order valence-corrected chi connectivity index (χ2v) is 3.89. The van der Waals surface area contributed by atoms with E-state index in [1.807, 2.05) is 0 Å². The van der Waals surface area contributed by atoms with E-state index in [2.05, 4.69) is 4.74 Å². The minimum atomic E-state index is -4.78. The fourth-order valence-electron chi connectivity index (χ4n) is 1.77. The molecule has 2 aromatic rings. The molecule has 0 fully saturated rings. The molecule has 0 spiro atoms. The van der Waals surface area contributed by atoms with Gasteiger partial charge in [0.2, 0.25) is 0 Å². The number of hydrogen-bond donors (Lipinski definition) is 0. The first-order chi connectivity index (χ1) is 9.40. The molecular formula is C14H8F4O2. The van der Waals surface area contributed by atoms with E-state index >= 15 is 0 Å². The highest BCUT2D eigenvalue weighted by atomic mass is 19.4. The van der Waals surface area contributed by atoms with Gasteiger partial charge in [0.05, 0.1) is 0 Å². The molecule has 0 saturated carbocycles. The van der Waals surface area contributed by atoms with Crippen LogP contribution < -0.4 is 4.74 Å². The number of alkyl halides is 3. The van der Waals surface area contributed by atoms with Crippen LogP contribution >= 0.6 is 0 Å². The van der Waals surface area contributed by atoms with Crippen LogP contribution in [0.15, 0.2) is 42.5 Å². The Morgan fingerprint density at radius 3 is 2.20 bits per heavy atom. The van der Waals surface area contributed by atoms with Crippen LogP contribution in [0.5, 0.6) is 5.75 Å². The topological polar surface area (TPSA) is 26.3 Å². The predicted molar refractivity (Wildman–Crippen MR) is 63.9 cm³/mol. The summed E-state index contributed by atoms with van der Waals surface area (Å²) in [5, 5.41) is 0. The Morgan fingerprint density at radius 1 is 1.00 bits per heavy atom. The summed E-state index contributed by atoms with van der Waals surface area (Å²) < 4.78 is 53.5. The van der Waals surface area contributed by atoms with Crippen molar-refractivity contribution in [2.45, 2.75) is 6.36 Å². The van der Waals surface area contributed by atoms with Gasteiger partial charge in [-0.25, -0.2) is 4.39 Å². The predicted octanol–water partition coefficient (Wildman–Crippen LogP) is 4.20. The molecule has 0 amide bonds. The van der Waals surface area contributed by atoms with Gasteiger partial charge in [0.15, 0.2) is 6.29 Å². The number of rotatable bonds is 3. The Balaban J connectivity index is 2.38. The molecular weight excluding hydrogens is 276 g/mol. The van der Waals surface area contributed by atoms with Crippen molar-refractivity contribution in [2.24, 2.45) is 0 Å². The van der Waals surface area contributed by atoms with Gasteiger partial charge < -0.3 is 4.74 Å². The monoisotopic (exact) mass is 284 g/mol. The van der Waals surface area contributed by atoms with Crippen LogP contribution in [-0.2, 0) is 0 Å². The van der Waals surface area contributed by atoms with Crippen LogP contribution in [0.2, 0.25) is 0 Å². The minimum Gasteiger partial charge on any atom is -0.406 e. The summed E-state index contributed by atoms with van der Waals surface area (Å²) in [5.41, 5.74) is 0.454. The molecule has 0 aliphatic rings. The van der Waals surface area contributed by atoms with Crippen molar-refractivity contribution in [1.82, 2.24) is 0 Å². The van der Waals surface area contributed by atoms with Crippen molar-refractivity contribution in [3.8, 4) is 16.9 Å². The lowest BCUT2D eigenvalue weighted by atomic mass is 10.00. The van der Waals surface area contributed by atoms with Crippen LogP contribution in [0.25, 0.3) is 11.1 Å². The summed E-state index contributed by atoms with van der Waals surface area (Å²) in [4.78, 5) is 10.9. The van der Waals surface area contributed by atoms with Gasteiger partial charge in [-0.3, -0.25) is 4.79 Å². The van der Waals surface area contributed by atoms with Crippen molar-refractivity contribution < 1.29 is 27.1 Å². The Morgan fingerprint density at radius 2 is 1.65 bits per heavy atom. The quantitative estimate of drug-likeness (QED) is 0.623. The summed E-state index contributed by atoms with van der Waals surface area (Å²) in [6, 6.07) is 8.60. The second kappa shape index (κ2) is 5.32. The van der Waals surface area contributed by atoms with Crippen molar-refractivity contribution in [3.05, 3.63) is 53.8 Å². The lowest BCUT2D eigenvalue weighted by Crippen LogP contribution is -2.16. The first-order valence-corrected chi connectivity index (χ1v) is 5.50. The third-order valence-corrected chi connectivity index (χ3v) is 2.55. The molecule has 2 rings (SSSR count). The summed E-state index contributed by atoms with van der Waals surface area (Å²) >= 11 is 0. The highest BCUT2D eigenvalue weighted by molar-refractivity contribution is 5.87. The Kier molecular flexibility index (Phi) is 3.74. The molecule has 0 aliphatic heterocycles. The fraction of sp³-hybridized carbons (Fsp3) is 0.0714. The van der Waals surface area contributed by atoms with Gasteiger partial charge in [-0.2, -0.15) is 0 Å². The van der Waals surface area contributed by atoms with E-state index in [4.69, 9.17) is 0 Å². The number of halogens is 4. The molecule has 0 heterocycles. The van der Waals surface area contributed by atoms with E-state index < -0.39 is 17.9 Å². The van der Waals surface area contributed by atoms with Crippen molar-refractivity contribution in [1.29, 1.82) is 0 Å². The summed E-state index contributed by atoms with van der Waals surface area (Å²) in [7, 11) is 0. The molecule has 0 bridgehead atoms. The molecule has 6 heteroatoms. The largest absolute Gasteiger partial charge is 0.573 e. The number of carbonyl (C=O) groups is 1. The number of benzene rings is 2. The van der Waals surface area contributed by atoms with Crippen LogP contribution in [0.4, 0.5) is 17.6 Å². The zero-order chi connectivity index (χ0) is 14.8. The van der Waals surface area contributed by atoms with Crippen molar-refractivity contribution in [3.63, 3.8) is 0 Å². The number of hydrogen-bond acceptors (Lipinski definition) is 2. The van der Waals surface area contributed by atoms with Gasteiger partial charge in [0.1, 0.15) is 11.6 Å². The number of carbonyl (C=O) groups excluding carboxylic acids is 1. The van der Waals surface area contributed by atoms with Crippen LogP contribution in [0, 0.1) is 5.82 Å². The van der Waals surface area contributed by atoms with E-state index in [1.54, 1.807) is 0 Å². The van der Waals surface area contributed by atoms with E-state index in [0.717, 1.165) is 12.1 Å². The Hall–Kier alpha value is -2.37. The third kappa shape index (κ3) is 3.14. The lowest BCUT2D eigenvalue weighted by molar-refractivity contribution is -0.274. The molecule has 0 saturated heterocycles. The molecule has 2 aromatic carbocycles. The number of aldehydes is 1. The van der Waals surface area contributed by atoms with Crippen molar-refractivity contribution >= 4 is 6.29 Å². The van der Waals surface area contributed by atoms with Crippen LogP contribution in [0.3, 0.4) is 0 Å². The first kappa shape index (κ1) is 14.0. The average molecular weight is 284 g/mol. The zero-order valence-corrected chi connectivity index (χ0v) is 9.95. The maximum Gasteiger partial charge on any atom is 0.573 e. The maximum absolute atomic E-state index is 13.7. The Labute approximate surface area is 111 Å². The normalized spacial score (nSPS) is 11.2. The SMILES string of the molecule is O=Cc1cccc(F)c1-c1ccc(OC(F)(F)F)cc1. The molecule has 0 unspecified atom stereocenters. The molecule has 2 nitrogen and oxygen atoms in total. The smallest absolute Gasteiger partial charge is 0.406 e. The van der Waals surface area contributed by atoms with Gasteiger partial charge in [-0.1, -0.05) is 24.3 Å². The van der Waals surface area contributed by atoms with Crippen LogP contribution in [0.1, 0.15) is 10.4 Å². The van der Waals surface area contributed by atoms with E-state index in [0.29, 0.717) is 11.8 Å². The highest BCUT2D eigenvalue weighted by Gasteiger charge is 2.31. The summed E-state index contributed by atoms with van der Waals surface area (Å²) in [5.74, 6) is -1.04. The molecule has 0 N–H and O–H groups in total. The molecule has 20 heavy (non-hydrogen) atoms. The molecule has 0 aromatic heterocycles. The molecule has 0 aliphatic carbocycles. The standard InChI is InChI=1S/C14H8F4O2/c15-12-3-1-2-10(8-19)13(12)9-4-6-11(7-5-9)20-14(16,17)18/h1-8H. The Bertz CT molecular complexity index is 618.